The van der Waals surface area contributed by atoms with Gasteiger partial charge in [-0.25, -0.2) is 14.8 Å². The van der Waals surface area contributed by atoms with Crippen LogP contribution in [-0.4, -0.2) is 21.0 Å². The minimum Gasteiger partial charge on any atom is -0.478 e. The average molecular weight is 256 g/mol. The van der Waals surface area contributed by atoms with Gasteiger partial charge in [0.25, 0.3) is 0 Å². The van der Waals surface area contributed by atoms with Crippen molar-refractivity contribution in [2.45, 2.75) is 26.2 Å². The minimum absolute atomic E-state index is 0.146. The highest BCUT2D eigenvalue weighted by molar-refractivity contribution is 5.88. The summed E-state index contributed by atoms with van der Waals surface area (Å²) >= 11 is 0. The zero-order valence-corrected chi connectivity index (χ0v) is 11.2. The summed E-state index contributed by atoms with van der Waals surface area (Å²) in [5.74, 6) is -0.372. The summed E-state index contributed by atoms with van der Waals surface area (Å²) in [4.78, 5) is 19.5. The summed E-state index contributed by atoms with van der Waals surface area (Å²) in [6.45, 7) is 5.74. The van der Waals surface area contributed by atoms with Gasteiger partial charge in [-0.3, -0.25) is 0 Å². The van der Waals surface area contributed by atoms with Gasteiger partial charge in [0.05, 0.1) is 11.3 Å². The highest BCUT2D eigenvalue weighted by Crippen LogP contribution is 2.28. The van der Waals surface area contributed by atoms with E-state index < -0.39 is 5.97 Å². The van der Waals surface area contributed by atoms with Crippen LogP contribution in [0, 0.1) is 6.92 Å². The van der Waals surface area contributed by atoms with Gasteiger partial charge in [-0.1, -0.05) is 30.3 Å². The molecular formula is C15H16N2O2. The monoisotopic (exact) mass is 256 g/mol. The first-order valence-corrected chi connectivity index (χ1v) is 6.06. The number of carboxylic acids is 1. The van der Waals surface area contributed by atoms with Gasteiger partial charge in [0.15, 0.2) is 0 Å². The fraction of sp³-hybridized carbons (Fsp3) is 0.267. The van der Waals surface area contributed by atoms with Crippen molar-refractivity contribution in [3.63, 3.8) is 0 Å². The van der Waals surface area contributed by atoms with Crippen LogP contribution in [0.4, 0.5) is 0 Å². The molecule has 0 saturated carbocycles. The molecule has 0 bridgehead atoms. The molecule has 0 aliphatic rings. The third-order valence-corrected chi connectivity index (χ3v) is 3.26. The molecule has 4 nitrogen and oxygen atoms in total. The lowest BCUT2D eigenvalue weighted by atomic mass is 9.83. The van der Waals surface area contributed by atoms with Crippen molar-refractivity contribution in [3.05, 3.63) is 59.2 Å². The summed E-state index contributed by atoms with van der Waals surface area (Å²) in [5.41, 5.74) is 1.37. The van der Waals surface area contributed by atoms with E-state index in [-0.39, 0.29) is 11.0 Å². The van der Waals surface area contributed by atoms with Gasteiger partial charge in [0.1, 0.15) is 5.82 Å². The number of carbonyl (C=O) groups is 1. The minimum atomic E-state index is -0.999. The number of nitrogens with zero attached hydrogens (tertiary/aromatic N) is 2. The molecule has 0 unspecified atom stereocenters. The molecule has 0 aliphatic heterocycles. The largest absolute Gasteiger partial charge is 0.478 e. The van der Waals surface area contributed by atoms with Crippen molar-refractivity contribution >= 4 is 5.97 Å². The fourth-order valence-electron chi connectivity index (χ4n) is 1.96. The molecule has 4 heteroatoms. The lowest BCUT2D eigenvalue weighted by molar-refractivity contribution is 0.0695. The summed E-state index contributed by atoms with van der Waals surface area (Å²) in [6.07, 6.45) is 1.38. The van der Waals surface area contributed by atoms with Crippen molar-refractivity contribution in [1.82, 2.24) is 9.97 Å². The lowest BCUT2D eigenvalue weighted by Gasteiger charge is -2.24. The summed E-state index contributed by atoms with van der Waals surface area (Å²) in [7, 11) is 0. The van der Waals surface area contributed by atoms with E-state index in [1.54, 1.807) is 6.92 Å². The van der Waals surface area contributed by atoms with E-state index in [2.05, 4.69) is 9.97 Å². The third-order valence-electron chi connectivity index (χ3n) is 3.26. The fourth-order valence-corrected chi connectivity index (χ4v) is 1.96. The lowest BCUT2D eigenvalue weighted by Crippen LogP contribution is -2.23. The molecule has 98 valence electrons. The zero-order valence-electron chi connectivity index (χ0n) is 11.2. The Labute approximate surface area is 112 Å². The smallest absolute Gasteiger partial charge is 0.339 e. The van der Waals surface area contributed by atoms with E-state index in [0.717, 1.165) is 5.56 Å². The van der Waals surface area contributed by atoms with Crippen molar-refractivity contribution in [2.75, 3.05) is 0 Å². The second-order valence-electron chi connectivity index (χ2n) is 4.99. The van der Waals surface area contributed by atoms with Gasteiger partial charge in [0.2, 0.25) is 0 Å². The number of carboxylic acid groups (broad SMARTS) is 1. The molecular weight excluding hydrogens is 240 g/mol. The Morgan fingerprint density at radius 1 is 1.21 bits per heavy atom. The SMILES string of the molecule is Cc1nc(C(C)(C)c2ccccc2)ncc1C(=O)O. The molecule has 1 aromatic heterocycles. The van der Waals surface area contributed by atoms with Gasteiger partial charge in [0, 0.05) is 11.6 Å². The number of benzene rings is 1. The molecule has 2 aromatic rings. The molecule has 2 rings (SSSR count). The zero-order chi connectivity index (χ0) is 14.0. The Morgan fingerprint density at radius 2 is 1.84 bits per heavy atom. The third kappa shape index (κ3) is 2.47. The highest BCUT2D eigenvalue weighted by Gasteiger charge is 2.27. The molecule has 1 N–H and O–H groups in total. The predicted molar refractivity (Wildman–Crippen MR) is 72.3 cm³/mol. The molecule has 1 aromatic carbocycles. The molecule has 0 radical (unpaired) electrons. The topological polar surface area (TPSA) is 63.1 Å². The van der Waals surface area contributed by atoms with Crippen LogP contribution >= 0.6 is 0 Å². The molecule has 0 aliphatic carbocycles. The van der Waals surface area contributed by atoms with E-state index in [1.165, 1.54) is 6.20 Å². The van der Waals surface area contributed by atoms with Gasteiger partial charge in [-0.15, -0.1) is 0 Å². The Morgan fingerprint density at radius 3 is 2.37 bits per heavy atom. The van der Waals surface area contributed by atoms with E-state index in [0.29, 0.717) is 11.5 Å². The maximum Gasteiger partial charge on any atom is 0.339 e. The summed E-state index contributed by atoms with van der Waals surface area (Å²) in [5, 5.41) is 9.00. The van der Waals surface area contributed by atoms with Crippen LogP contribution in [0.3, 0.4) is 0 Å². The van der Waals surface area contributed by atoms with Crippen LogP contribution < -0.4 is 0 Å². The van der Waals surface area contributed by atoms with Crippen LogP contribution in [0.15, 0.2) is 36.5 Å². The highest BCUT2D eigenvalue weighted by atomic mass is 16.4. The van der Waals surface area contributed by atoms with Gasteiger partial charge in [-0.05, 0) is 26.3 Å². The average Bonchev–Trinajstić information content (AvgIpc) is 2.39. The van der Waals surface area contributed by atoms with Crippen LogP contribution in [-0.2, 0) is 5.41 Å². The van der Waals surface area contributed by atoms with Crippen molar-refractivity contribution in [2.24, 2.45) is 0 Å². The Bertz CT molecular complexity index is 607. The quantitative estimate of drug-likeness (QED) is 0.917. The van der Waals surface area contributed by atoms with Crippen LogP contribution in [0.1, 0.15) is 41.3 Å². The maximum absolute atomic E-state index is 11.0. The Kier molecular flexibility index (Phi) is 3.34. The normalized spacial score (nSPS) is 11.3. The number of aryl methyl sites for hydroxylation is 1. The first-order valence-electron chi connectivity index (χ1n) is 6.06. The Balaban J connectivity index is 2.47. The summed E-state index contributed by atoms with van der Waals surface area (Å²) < 4.78 is 0. The van der Waals surface area contributed by atoms with Crippen LogP contribution in [0.5, 0.6) is 0 Å². The molecule has 0 amide bonds. The van der Waals surface area contributed by atoms with Crippen molar-refractivity contribution in [3.8, 4) is 0 Å². The second kappa shape index (κ2) is 4.80. The van der Waals surface area contributed by atoms with Gasteiger partial charge < -0.3 is 5.11 Å². The number of rotatable bonds is 3. The second-order valence-corrected chi connectivity index (χ2v) is 4.99. The molecule has 1 heterocycles. The number of hydrogen-bond acceptors (Lipinski definition) is 3. The first kappa shape index (κ1) is 13.2. The number of hydrogen-bond donors (Lipinski definition) is 1. The Hall–Kier alpha value is -2.23. The van der Waals surface area contributed by atoms with Crippen molar-refractivity contribution in [1.29, 1.82) is 0 Å². The number of aromatic nitrogens is 2. The maximum atomic E-state index is 11.0. The molecule has 0 atom stereocenters. The summed E-state index contributed by atoms with van der Waals surface area (Å²) in [6, 6.07) is 9.93. The van der Waals surface area contributed by atoms with Crippen LogP contribution in [0.2, 0.25) is 0 Å². The van der Waals surface area contributed by atoms with Crippen molar-refractivity contribution < 1.29 is 9.90 Å². The van der Waals surface area contributed by atoms with E-state index in [1.807, 2.05) is 44.2 Å². The van der Waals surface area contributed by atoms with E-state index in [4.69, 9.17) is 5.11 Å². The van der Waals surface area contributed by atoms with Gasteiger partial charge in [-0.2, -0.15) is 0 Å². The van der Waals surface area contributed by atoms with E-state index in [9.17, 15) is 4.79 Å². The first-order chi connectivity index (χ1) is 8.93. The molecule has 0 spiro atoms. The number of aromatic carboxylic acids is 1. The predicted octanol–water partition coefficient (Wildman–Crippen LogP) is 2.81. The standard InChI is InChI=1S/C15H16N2O2/c1-10-12(13(18)19)9-16-14(17-10)15(2,3)11-7-5-4-6-8-11/h4-9H,1-3H3,(H,18,19). The molecule has 0 saturated heterocycles. The van der Waals surface area contributed by atoms with E-state index >= 15 is 0 Å². The molecule has 0 fully saturated rings. The molecule has 19 heavy (non-hydrogen) atoms. The van der Waals surface area contributed by atoms with Crippen LogP contribution in [0.25, 0.3) is 0 Å². The van der Waals surface area contributed by atoms with Gasteiger partial charge >= 0.3 is 5.97 Å².